The Morgan fingerprint density at radius 2 is 1.62 bits per heavy atom. The first-order chi connectivity index (χ1) is 11.8. The number of benzene rings is 3. The summed E-state index contributed by atoms with van der Waals surface area (Å²) in [6.07, 6.45) is 2.13. The Morgan fingerprint density at radius 1 is 0.833 bits per heavy atom. The van der Waals surface area contributed by atoms with Crippen molar-refractivity contribution < 1.29 is 0 Å². The number of aromatic amines is 1. The summed E-state index contributed by atoms with van der Waals surface area (Å²) in [6, 6.07) is 23.1. The largest absolute Gasteiger partial charge is 0.354 e. The van der Waals surface area contributed by atoms with Crippen LogP contribution < -0.4 is 0 Å². The molecule has 2 aromatic heterocycles. The third-order valence-electron chi connectivity index (χ3n) is 4.66. The molecule has 0 fully saturated rings. The number of para-hydroxylation sites is 1. The standard InChI is InChI=1S/C21H15ClN2/c22-17-12-19-20(15-8-4-5-9-18(15)23-19)16-10-11-24(21(16)17)13-14-6-2-1-3-7-14/h1-12,23H,13H2. The molecule has 0 amide bonds. The van der Waals surface area contributed by atoms with E-state index in [1.165, 1.54) is 21.7 Å². The van der Waals surface area contributed by atoms with Crippen LogP contribution in [0.25, 0.3) is 32.7 Å². The molecule has 0 aliphatic carbocycles. The van der Waals surface area contributed by atoms with E-state index in [1.54, 1.807) is 0 Å². The van der Waals surface area contributed by atoms with E-state index in [9.17, 15) is 0 Å². The van der Waals surface area contributed by atoms with Crippen molar-refractivity contribution in [3.05, 3.63) is 83.5 Å². The lowest BCUT2D eigenvalue weighted by atomic mass is 10.1. The lowest BCUT2D eigenvalue weighted by Crippen LogP contribution is -1.97. The quantitative estimate of drug-likeness (QED) is 0.411. The minimum atomic E-state index is 0.782. The highest BCUT2D eigenvalue weighted by Gasteiger charge is 2.14. The van der Waals surface area contributed by atoms with Crippen LogP contribution in [0.15, 0.2) is 72.9 Å². The zero-order valence-corrected chi connectivity index (χ0v) is 13.7. The lowest BCUT2D eigenvalue weighted by Gasteiger charge is -2.08. The van der Waals surface area contributed by atoms with E-state index in [1.807, 2.05) is 12.1 Å². The van der Waals surface area contributed by atoms with Gasteiger partial charge in [0, 0.05) is 39.9 Å². The second kappa shape index (κ2) is 5.15. The zero-order chi connectivity index (χ0) is 16.1. The van der Waals surface area contributed by atoms with Crippen LogP contribution in [-0.2, 0) is 6.54 Å². The lowest BCUT2D eigenvalue weighted by molar-refractivity contribution is 0.837. The maximum absolute atomic E-state index is 6.64. The number of aromatic nitrogens is 2. The summed E-state index contributed by atoms with van der Waals surface area (Å²) in [6.45, 7) is 0.817. The average molecular weight is 331 g/mol. The van der Waals surface area contributed by atoms with Gasteiger partial charge in [0.05, 0.1) is 10.5 Å². The van der Waals surface area contributed by atoms with Gasteiger partial charge in [-0.2, -0.15) is 0 Å². The van der Waals surface area contributed by atoms with E-state index < -0.39 is 0 Å². The van der Waals surface area contributed by atoms with Crippen LogP contribution in [0.2, 0.25) is 5.02 Å². The first kappa shape index (κ1) is 13.7. The smallest absolute Gasteiger partial charge is 0.0680 e. The summed E-state index contributed by atoms with van der Waals surface area (Å²) >= 11 is 6.64. The van der Waals surface area contributed by atoms with E-state index in [0.717, 1.165) is 28.1 Å². The van der Waals surface area contributed by atoms with Crippen LogP contribution in [0.3, 0.4) is 0 Å². The molecule has 116 valence electrons. The fourth-order valence-electron chi connectivity index (χ4n) is 3.61. The minimum absolute atomic E-state index is 0.782. The highest BCUT2D eigenvalue weighted by Crippen LogP contribution is 2.37. The number of H-pyrrole nitrogens is 1. The van der Waals surface area contributed by atoms with Gasteiger partial charge >= 0.3 is 0 Å². The fourth-order valence-corrected chi connectivity index (χ4v) is 3.93. The van der Waals surface area contributed by atoms with Crippen molar-refractivity contribution in [2.45, 2.75) is 6.54 Å². The normalized spacial score (nSPS) is 11.7. The molecule has 0 spiro atoms. The highest BCUT2D eigenvalue weighted by molar-refractivity contribution is 6.38. The molecule has 5 rings (SSSR count). The van der Waals surface area contributed by atoms with Gasteiger partial charge in [0.25, 0.3) is 0 Å². The highest BCUT2D eigenvalue weighted by atomic mass is 35.5. The molecule has 3 heteroatoms. The molecule has 2 heterocycles. The number of hydrogen-bond donors (Lipinski definition) is 1. The maximum atomic E-state index is 6.64. The fraction of sp³-hybridized carbons (Fsp3) is 0.0476. The van der Waals surface area contributed by atoms with Crippen LogP contribution in [0.4, 0.5) is 0 Å². The monoisotopic (exact) mass is 330 g/mol. The van der Waals surface area contributed by atoms with Gasteiger partial charge in [0.15, 0.2) is 0 Å². The van der Waals surface area contributed by atoms with Crippen LogP contribution >= 0.6 is 11.6 Å². The molecule has 0 saturated heterocycles. The van der Waals surface area contributed by atoms with Gasteiger partial charge in [-0.25, -0.2) is 0 Å². The van der Waals surface area contributed by atoms with Crippen LogP contribution in [0.5, 0.6) is 0 Å². The molecule has 0 unspecified atom stereocenters. The van der Waals surface area contributed by atoms with Crippen molar-refractivity contribution >= 4 is 44.3 Å². The van der Waals surface area contributed by atoms with Crippen molar-refractivity contribution in [1.29, 1.82) is 0 Å². The number of rotatable bonds is 2. The van der Waals surface area contributed by atoms with Gasteiger partial charge in [-0.1, -0.05) is 60.1 Å². The predicted molar refractivity (Wildman–Crippen MR) is 102 cm³/mol. The van der Waals surface area contributed by atoms with Gasteiger partial charge < -0.3 is 9.55 Å². The molecule has 0 aliphatic rings. The van der Waals surface area contributed by atoms with Gasteiger partial charge in [0.2, 0.25) is 0 Å². The molecule has 0 aliphatic heterocycles. The first-order valence-corrected chi connectivity index (χ1v) is 8.41. The van der Waals surface area contributed by atoms with Crippen molar-refractivity contribution in [2.75, 3.05) is 0 Å². The van der Waals surface area contributed by atoms with Crippen LogP contribution in [0.1, 0.15) is 5.56 Å². The van der Waals surface area contributed by atoms with Gasteiger partial charge in [-0.05, 0) is 23.8 Å². The Morgan fingerprint density at radius 3 is 2.50 bits per heavy atom. The Bertz CT molecular complexity index is 1180. The van der Waals surface area contributed by atoms with E-state index in [4.69, 9.17) is 11.6 Å². The third-order valence-corrected chi connectivity index (χ3v) is 4.95. The molecule has 3 aromatic carbocycles. The van der Waals surface area contributed by atoms with Gasteiger partial charge in [-0.15, -0.1) is 0 Å². The van der Waals surface area contributed by atoms with Crippen molar-refractivity contribution in [3.63, 3.8) is 0 Å². The molecule has 0 radical (unpaired) electrons. The molecule has 2 nitrogen and oxygen atoms in total. The SMILES string of the molecule is Clc1cc2[nH]c3ccccc3c2c2ccn(Cc3ccccc3)c12. The second-order valence-corrected chi connectivity index (χ2v) is 6.55. The predicted octanol–water partition coefficient (Wildman–Crippen LogP) is 5.98. The Kier molecular flexibility index (Phi) is 2.94. The maximum Gasteiger partial charge on any atom is 0.0680 e. The summed E-state index contributed by atoms with van der Waals surface area (Å²) < 4.78 is 2.23. The van der Waals surface area contributed by atoms with Gasteiger partial charge in [-0.3, -0.25) is 0 Å². The van der Waals surface area contributed by atoms with E-state index in [0.29, 0.717) is 0 Å². The number of fused-ring (bicyclic) bond motifs is 5. The molecule has 24 heavy (non-hydrogen) atoms. The second-order valence-electron chi connectivity index (χ2n) is 6.14. The van der Waals surface area contributed by atoms with Crippen LogP contribution in [0, 0.1) is 0 Å². The average Bonchev–Trinajstić information content (AvgIpc) is 3.17. The zero-order valence-electron chi connectivity index (χ0n) is 13.0. The summed E-state index contributed by atoms with van der Waals surface area (Å²) in [5.41, 5.74) is 4.60. The summed E-state index contributed by atoms with van der Waals surface area (Å²) in [7, 11) is 0. The Labute approximate surface area is 144 Å². The molecule has 0 atom stereocenters. The molecular formula is C21H15ClN2. The molecule has 5 aromatic rings. The summed E-state index contributed by atoms with van der Waals surface area (Å²) in [5.74, 6) is 0. The minimum Gasteiger partial charge on any atom is -0.354 e. The number of halogens is 1. The molecule has 0 saturated carbocycles. The van der Waals surface area contributed by atoms with Crippen molar-refractivity contribution in [1.82, 2.24) is 9.55 Å². The number of nitrogens with one attached hydrogen (secondary N) is 1. The molecule has 1 N–H and O–H groups in total. The number of hydrogen-bond acceptors (Lipinski definition) is 0. The van der Waals surface area contributed by atoms with Crippen molar-refractivity contribution in [3.8, 4) is 0 Å². The van der Waals surface area contributed by atoms with E-state index in [2.05, 4.69) is 70.3 Å². The molecular weight excluding hydrogens is 316 g/mol. The van der Waals surface area contributed by atoms with Gasteiger partial charge in [0.1, 0.15) is 0 Å². The number of nitrogens with zero attached hydrogens (tertiary/aromatic N) is 1. The van der Waals surface area contributed by atoms with Crippen LogP contribution in [-0.4, -0.2) is 9.55 Å². The molecule has 0 bridgehead atoms. The topological polar surface area (TPSA) is 20.7 Å². The summed E-state index contributed by atoms with van der Waals surface area (Å²) in [4.78, 5) is 3.48. The summed E-state index contributed by atoms with van der Waals surface area (Å²) in [5, 5.41) is 4.47. The van der Waals surface area contributed by atoms with E-state index >= 15 is 0 Å². The van der Waals surface area contributed by atoms with Crippen molar-refractivity contribution in [2.24, 2.45) is 0 Å². The van der Waals surface area contributed by atoms with E-state index in [-0.39, 0.29) is 0 Å². The third kappa shape index (κ3) is 1.97. The Hall–Kier alpha value is -2.71. The Balaban J connectivity index is 1.81. The first-order valence-electron chi connectivity index (χ1n) is 8.03.